The van der Waals surface area contributed by atoms with Crippen molar-refractivity contribution < 1.29 is 4.92 Å². The van der Waals surface area contributed by atoms with Gasteiger partial charge in [-0.3, -0.25) is 10.1 Å². The van der Waals surface area contributed by atoms with Gasteiger partial charge < -0.3 is 4.57 Å². The molecule has 0 aliphatic heterocycles. The van der Waals surface area contributed by atoms with Crippen molar-refractivity contribution in [1.82, 2.24) is 14.8 Å². The van der Waals surface area contributed by atoms with Crippen molar-refractivity contribution in [2.75, 3.05) is 0 Å². The average Bonchev–Trinajstić information content (AvgIpc) is 2.82. The second-order valence-corrected chi connectivity index (χ2v) is 5.36. The molecule has 0 amide bonds. The molecule has 6 nitrogen and oxygen atoms in total. The van der Waals surface area contributed by atoms with Crippen LogP contribution in [0.4, 0.5) is 5.69 Å². The number of aryl methyl sites for hydroxylation is 1. The minimum absolute atomic E-state index is 0.0983. The highest BCUT2D eigenvalue weighted by Gasteiger charge is 2.18. The molecule has 0 spiro atoms. The maximum absolute atomic E-state index is 11.0. The van der Waals surface area contributed by atoms with E-state index >= 15 is 0 Å². The number of alkyl halides is 1. The van der Waals surface area contributed by atoms with Crippen LogP contribution in [0, 0.1) is 17.0 Å². The Hall–Kier alpha value is -1.76. The van der Waals surface area contributed by atoms with Gasteiger partial charge in [0, 0.05) is 23.2 Å². The summed E-state index contributed by atoms with van der Waals surface area (Å²) in [7, 11) is 0. The Labute approximate surface area is 125 Å². The summed E-state index contributed by atoms with van der Waals surface area (Å²) in [4.78, 5) is 10.7. The highest BCUT2D eigenvalue weighted by molar-refractivity contribution is 9.08. The molecule has 0 aliphatic carbocycles. The lowest BCUT2D eigenvalue weighted by Gasteiger charge is -2.13. The van der Waals surface area contributed by atoms with E-state index < -0.39 is 0 Å². The second-order valence-electron chi connectivity index (χ2n) is 4.80. The van der Waals surface area contributed by atoms with E-state index in [1.165, 1.54) is 0 Å². The predicted octanol–water partition coefficient (Wildman–Crippen LogP) is 3.64. The van der Waals surface area contributed by atoms with Crippen molar-refractivity contribution in [3.05, 3.63) is 39.7 Å². The highest BCUT2D eigenvalue weighted by atomic mass is 79.9. The van der Waals surface area contributed by atoms with Gasteiger partial charge in [-0.25, -0.2) is 0 Å². The quantitative estimate of drug-likeness (QED) is 0.484. The third-order valence-electron chi connectivity index (χ3n) is 3.07. The van der Waals surface area contributed by atoms with E-state index in [0.717, 1.165) is 5.82 Å². The summed E-state index contributed by atoms with van der Waals surface area (Å²) in [6, 6.07) is 5.30. The number of nitro groups is 1. The number of hydrogen-bond donors (Lipinski definition) is 0. The van der Waals surface area contributed by atoms with Crippen molar-refractivity contribution in [3.63, 3.8) is 0 Å². The fourth-order valence-electron chi connectivity index (χ4n) is 2.10. The third-order valence-corrected chi connectivity index (χ3v) is 3.57. The first-order valence-electron chi connectivity index (χ1n) is 6.20. The molecule has 1 aromatic carbocycles. The molecule has 0 aliphatic rings. The molecule has 2 rings (SSSR count). The lowest BCUT2D eigenvalue weighted by molar-refractivity contribution is -0.385. The standard InChI is InChI=1S/C13H15BrN4O2/c1-8(2)17-12(7-14)15-16-13(17)10-5-4-9(3)11(6-10)18(19)20/h4-6,8H,7H2,1-3H3. The molecular weight excluding hydrogens is 324 g/mol. The first kappa shape index (κ1) is 14.6. The van der Waals surface area contributed by atoms with Gasteiger partial charge in [0.1, 0.15) is 5.82 Å². The van der Waals surface area contributed by atoms with Gasteiger partial charge in [0.05, 0.1) is 10.3 Å². The molecule has 0 fully saturated rings. The van der Waals surface area contributed by atoms with Gasteiger partial charge in [-0.05, 0) is 20.8 Å². The van der Waals surface area contributed by atoms with E-state index in [0.29, 0.717) is 22.3 Å². The summed E-state index contributed by atoms with van der Waals surface area (Å²) in [5.41, 5.74) is 1.44. The highest BCUT2D eigenvalue weighted by Crippen LogP contribution is 2.28. The maximum Gasteiger partial charge on any atom is 0.273 e. The first-order chi connectivity index (χ1) is 9.45. The van der Waals surface area contributed by atoms with Crippen LogP contribution in [0.3, 0.4) is 0 Å². The lowest BCUT2D eigenvalue weighted by atomic mass is 10.1. The minimum atomic E-state index is -0.375. The summed E-state index contributed by atoms with van der Waals surface area (Å²) in [5, 5.41) is 19.9. The van der Waals surface area contributed by atoms with E-state index in [2.05, 4.69) is 26.1 Å². The Balaban J connectivity index is 2.60. The molecule has 0 saturated carbocycles. The fraction of sp³-hybridized carbons (Fsp3) is 0.385. The Bertz CT molecular complexity index is 652. The van der Waals surface area contributed by atoms with Crippen LogP contribution >= 0.6 is 15.9 Å². The number of rotatable bonds is 4. The molecule has 0 saturated heterocycles. The molecule has 0 radical (unpaired) electrons. The molecule has 2 aromatic rings. The monoisotopic (exact) mass is 338 g/mol. The van der Waals surface area contributed by atoms with Crippen LogP contribution in [0.5, 0.6) is 0 Å². The zero-order chi connectivity index (χ0) is 14.9. The van der Waals surface area contributed by atoms with Gasteiger partial charge in [-0.2, -0.15) is 0 Å². The normalized spacial score (nSPS) is 11.1. The van der Waals surface area contributed by atoms with Crippen molar-refractivity contribution >= 4 is 21.6 Å². The van der Waals surface area contributed by atoms with Crippen molar-refractivity contribution in [2.45, 2.75) is 32.1 Å². The van der Waals surface area contributed by atoms with E-state index in [1.54, 1.807) is 19.1 Å². The summed E-state index contributed by atoms with van der Waals surface area (Å²) in [5.74, 6) is 1.45. The van der Waals surface area contributed by atoms with Crippen molar-refractivity contribution in [1.29, 1.82) is 0 Å². The topological polar surface area (TPSA) is 73.8 Å². The third kappa shape index (κ3) is 2.58. The molecule has 0 N–H and O–H groups in total. The number of benzene rings is 1. The number of nitro benzene ring substituents is 1. The molecule has 0 atom stereocenters. The molecular formula is C13H15BrN4O2. The van der Waals surface area contributed by atoms with Crippen LogP contribution in [0.2, 0.25) is 0 Å². The zero-order valence-corrected chi connectivity index (χ0v) is 13.1. The molecule has 1 aromatic heterocycles. The van der Waals surface area contributed by atoms with E-state index in [9.17, 15) is 10.1 Å². The van der Waals surface area contributed by atoms with Crippen LogP contribution in [-0.2, 0) is 5.33 Å². The number of aromatic nitrogens is 3. The van der Waals surface area contributed by atoms with Gasteiger partial charge in [-0.1, -0.05) is 28.1 Å². The lowest BCUT2D eigenvalue weighted by Crippen LogP contribution is -2.07. The second kappa shape index (κ2) is 5.70. The maximum atomic E-state index is 11.0. The van der Waals surface area contributed by atoms with Gasteiger partial charge in [0.15, 0.2) is 5.82 Å². The predicted molar refractivity (Wildman–Crippen MR) is 79.9 cm³/mol. The van der Waals surface area contributed by atoms with Gasteiger partial charge in [0.25, 0.3) is 5.69 Å². The number of nitrogens with zero attached hydrogens (tertiary/aromatic N) is 4. The van der Waals surface area contributed by atoms with Crippen LogP contribution < -0.4 is 0 Å². The molecule has 7 heteroatoms. The zero-order valence-electron chi connectivity index (χ0n) is 11.5. The van der Waals surface area contributed by atoms with Gasteiger partial charge in [0.2, 0.25) is 0 Å². The Morgan fingerprint density at radius 3 is 2.65 bits per heavy atom. The molecule has 0 bridgehead atoms. The minimum Gasteiger partial charge on any atom is -0.308 e. The van der Waals surface area contributed by atoms with E-state index in [1.807, 2.05) is 24.5 Å². The van der Waals surface area contributed by atoms with E-state index in [4.69, 9.17) is 0 Å². The number of halogens is 1. The molecule has 106 valence electrons. The van der Waals surface area contributed by atoms with E-state index in [-0.39, 0.29) is 16.7 Å². The molecule has 1 heterocycles. The van der Waals surface area contributed by atoms with Crippen molar-refractivity contribution in [2.24, 2.45) is 0 Å². The van der Waals surface area contributed by atoms with Crippen molar-refractivity contribution in [3.8, 4) is 11.4 Å². The Morgan fingerprint density at radius 1 is 1.40 bits per heavy atom. The average molecular weight is 339 g/mol. The van der Waals surface area contributed by atoms with Crippen LogP contribution in [-0.4, -0.2) is 19.7 Å². The number of hydrogen-bond acceptors (Lipinski definition) is 4. The largest absolute Gasteiger partial charge is 0.308 e. The first-order valence-corrected chi connectivity index (χ1v) is 7.33. The van der Waals surface area contributed by atoms with Gasteiger partial charge in [-0.15, -0.1) is 10.2 Å². The summed E-state index contributed by atoms with van der Waals surface area (Å²) < 4.78 is 1.98. The fourth-order valence-corrected chi connectivity index (χ4v) is 2.48. The Kier molecular flexibility index (Phi) is 4.17. The summed E-state index contributed by atoms with van der Waals surface area (Å²) >= 11 is 3.38. The smallest absolute Gasteiger partial charge is 0.273 e. The summed E-state index contributed by atoms with van der Waals surface area (Å²) in [6.45, 7) is 5.78. The van der Waals surface area contributed by atoms with Gasteiger partial charge >= 0.3 is 0 Å². The van der Waals surface area contributed by atoms with Crippen LogP contribution in [0.1, 0.15) is 31.3 Å². The van der Waals surface area contributed by atoms with Crippen LogP contribution in [0.25, 0.3) is 11.4 Å². The van der Waals surface area contributed by atoms with Crippen LogP contribution in [0.15, 0.2) is 18.2 Å². The SMILES string of the molecule is Cc1ccc(-c2nnc(CBr)n2C(C)C)cc1[N+](=O)[O-]. The Morgan fingerprint density at radius 2 is 2.10 bits per heavy atom. The molecule has 20 heavy (non-hydrogen) atoms. The molecule has 0 unspecified atom stereocenters. The summed E-state index contributed by atoms with van der Waals surface area (Å²) in [6.07, 6.45) is 0.